The van der Waals surface area contributed by atoms with Crippen molar-refractivity contribution in [1.29, 1.82) is 0 Å². The average molecular weight is 508 g/mol. The van der Waals surface area contributed by atoms with E-state index in [1.165, 1.54) is 16.7 Å². The lowest BCUT2D eigenvalue weighted by molar-refractivity contribution is -0.143. The van der Waals surface area contributed by atoms with E-state index in [0.717, 1.165) is 61.0 Å². The number of benzene rings is 2. The van der Waals surface area contributed by atoms with E-state index < -0.39 is 5.97 Å². The van der Waals surface area contributed by atoms with Crippen molar-refractivity contribution in [2.24, 2.45) is 11.8 Å². The van der Waals surface area contributed by atoms with Crippen molar-refractivity contribution in [2.75, 3.05) is 13.1 Å². The van der Waals surface area contributed by atoms with Gasteiger partial charge in [0.05, 0.1) is 11.4 Å². The van der Waals surface area contributed by atoms with Crippen LogP contribution in [0, 0.1) is 11.8 Å². The number of carbonyl (C=O) groups is 1. The Morgan fingerprint density at radius 2 is 1.92 bits per heavy atom. The number of piperidine rings is 1. The van der Waals surface area contributed by atoms with Crippen LogP contribution in [0.5, 0.6) is 5.75 Å². The van der Waals surface area contributed by atoms with Crippen LogP contribution < -0.4 is 4.74 Å². The second-order valence-electron chi connectivity index (χ2n) is 10.5. The lowest BCUT2D eigenvalue weighted by Crippen LogP contribution is -2.42. The Kier molecular flexibility index (Phi) is 7.09. The first-order chi connectivity index (χ1) is 17.3. The summed E-state index contributed by atoms with van der Waals surface area (Å²) in [4.78, 5) is 13.7. The van der Waals surface area contributed by atoms with Gasteiger partial charge in [0.2, 0.25) is 0 Å². The molecular formula is C29H34ClN3O3. The molecule has 0 amide bonds. The van der Waals surface area contributed by atoms with Gasteiger partial charge >= 0.3 is 5.97 Å². The molecule has 2 aromatic carbocycles. The van der Waals surface area contributed by atoms with Gasteiger partial charge in [-0.1, -0.05) is 49.2 Å². The van der Waals surface area contributed by atoms with Crippen LogP contribution in [0.15, 0.2) is 42.0 Å². The molecule has 1 aliphatic carbocycles. The van der Waals surface area contributed by atoms with Gasteiger partial charge in [-0.05, 0) is 92.6 Å². The molecule has 36 heavy (non-hydrogen) atoms. The van der Waals surface area contributed by atoms with Gasteiger partial charge in [0.1, 0.15) is 11.9 Å². The number of hydrogen-bond acceptors (Lipinski definition) is 4. The molecule has 0 radical (unpaired) electrons. The number of nitrogens with zero attached hydrogens (tertiary/aromatic N) is 2. The van der Waals surface area contributed by atoms with Crippen molar-refractivity contribution >= 4 is 34.5 Å². The molecule has 190 valence electrons. The van der Waals surface area contributed by atoms with Crippen molar-refractivity contribution in [3.05, 3.63) is 63.8 Å². The molecule has 2 atom stereocenters. The molecule has 0 spiro atoms. The van der Waals surface area contributed by atoms with E-state index in [9.17, 15) is 9.90 Å². The SMILES string of the molecule is CC(C)C(Oc1ccc2c(c1)CCC(C(C)N1CCC(C(=O)O)CC1)=C2)c1ccc2[nH]nc(Cl)c2c1. The predicted octanol–water partition coefficient (Wildman–Crippen LogP) is 6.51. The Bertz CT molecular complexity index is 1290. The van der Waals surface area contributed by atoms with Crippen LogP contribution in [-0.4, -0.2) is 45.3 Å². The van der Waals surface area contributed by atoms with Crippen molar-refractivity contribution in [1.82, 2.24) is 15.1 Å². The molecule has 2 unspecified atom stereocenters. The molecule has 5 rings (SSSR count). The van der Waals surface area contributed by atoms with E-state index in [0.29, 0.717) is 11.2 Å². The molecule has 1 aromatic heterocycles. The normalized spacial score (nSPS) is 18.6. The van der Waals surface area contributed by atoms with Crippen LogP contribution in [-0.2, 0) is 11.2 Å². The summed E-state index contributed by atoms with van der Waals surface area (Å²) in [5, 5.41) is 17.7. The van der Waals surface area contributed by atoms with E-state index in [2.05, 4.69) is 72.3 Å². The highest BCUT2D eigenvalue weighted by atomic mass is 35.5. The van der Waals surface area contributed by atoms with E-state index in [4.69, 9.17) is 16.3 Å². The van der Waals surface area contributed by atoms with Crippen molar-refractivity contribution in [2.45, 2.75) is 58.6 Å². The number of aromatic amines is 1. The lowest BCUT2D eigenvalue weighted by Gasteiger charge is -2.37. The summed E-state index contributed by atoms with van der Waals surface area (Å²) in [6.07, 6.45) is 5.70. The van der Waals surface area contributed by atoms with Crippen LogP contribution in [0.4, 0.5) is 0 Å². The third-order valence-corrected chi connectivity index (χ3v) is 8.13. The molecule has 0 saturated carbocycles. The maximum atomic E-state index is 11.3. The zero-order valence-corrected chi connectivity index (χ0v) is 21.9. The number of carboxylic acids is 1. The first-order valence-corrected chi connectivity index (χ1v) is 13.3. The number of ether oxygens (including phenoxy) is 1. The monoisotopic (exact) mass is 507 g/mol. The first kappa shape index (κ1) is 24.8. The Morgan fingerprint density at radius 3 is 2.64 bits per heavy atom. The number of aryl methyl sites for hydroxylation is 1. The summed E-state index contributed by atoms with van der Waals surface area (Å²) in [5.41, 5.74) is 5.99. The van der Waals surface area contributed by atoms with Crippen molar-refractivity contribution in [3.8, 4) is 5.75 Å². The Hall–Kier alpha value is -2.83. The van der Waals surface area contributed by atoms with E-state index >= 15 is 0 Å². The minimum absolute atomic E-state index is 0.0955. The molecule has 1 aliphatic heterocycles. The van der Waals surface area contributed by atoms with E-state index in [-0.39, 0.29) is 17.9 Å². The second-order valence-corrected chi connectivity index (χ2v) is 10.9. The predicted molar refractivity (Wildman–Crippen MR) is 143 cm³/mol. The summed E-state index contributed by atoms with van der Waals surface area (Å²) in [6, 6.07) is 12.9. The lowest BCUT2D eigenvalue weighted by atomic mass is 9.87. The molecule has 0 bridgehead atoms. The first-order valence-electron chi connectivity index (χ1n) is 12.9. The highest BCUT2D eigenvalue weighted by molar-refractivity contribution is 6.34. The molecule has 2 aliphatic rings. The summed E-state index contributed by atoms with van der Waals surface area (Å²) in [6.45, 7) is 8.29. The zero-order valence-electron chi connectivity index (χ0n) is 21.1. The van der Waals surface area contributed by atoms with E-state index in [1.54, 1.807) is 0 Å². The quantitative estimate of drug-likeness (QED) is 0.381. The largest absolute Gasteiger partial charge is 0.485 e. The number of likely N-dealkylation sites (tertiary alicyclic amines) is 1. The van der Waals surface area contributed by atoms with Gasteiger partial charge in [-0.2, -0.15) is 5.10 Å². The molecular weight excluding hydrogens is 474 g/mol. The van der Waals surface area contributed by atoms with Crippen LogP contribution >= 0.6 is 11.6 Å². The number of aliphatic carboxylic acids is 1. The minimum Gasteiger partial charge on any atom is -0.485 e. The van der Waals surface area contributed by atoms with E-state index in [1.807, 2.05) is 6.07 Å². The fourth-order valence-corrected chi connectivity index (χ4v) is 5.77. The van der Waals surface area contributed by atoms with Gasteiger partial charge in [-0.15, -0.1) is 0 Å². The fourth-order valence-electron chi connectivity index (χ4n) is 5.57. The molecule has 3 aromatic rings. The molecule has 1 fully saturated rings. The second kappa shape index (κ2) is 10.3. The summed E-state index contributed by atoms with van der Waals surface area (Å²) >= 11 is 6.26. The number of rotatable bonds is 7. The van der Waals surface area contributed by atoms with Gasteiger partial charge in [-0.25, -0.2) is 0 Å². The van der Waals surface area contributed by atoms with Crippen LogP contribution in [0.3, 0.4) is 0 Å². The van der Waals surface area contributed by atoms with Gasteiger partial charge in [0.15, 0.2) is 5.15 Å². The highest BCUT2D eigenvalue weighted by Gasteiger charge is 2.29. The third-order valence-electron chi connectivity index (χ3n) is 7.84. The average Bonchev–Trinajstić information content (AvgIpc) is 3.26. The highest BCUT2D eigenvalue weighted by Crippen LogP contribution is 2.35. The number of hydrogen-bond donors (Lipinski definition) is 2. The van der Waals surface area contributed by atoms with Crippen LogP contribution in [0.1, 0.15) is 62.8 Å². The minimum atomic E-state index is -0.656. The number of carboxylic acid groups (broad SMARTS) is 1. The molecule has 2 heterocycles. The van der Waals surface area contributed by atoms with Crippen LogP contribution in [0.2, 0.25) is 5.15 Å². The number of aromatic nitrogens is 2. The van der Waals surface area contributed by atoms with Gasteiger partial charge < -0.3 is 9.84 Å². The zero-order chi connectivity index (χ0) is 25.4. The van der Waals surface area contributed by atoms with Gasteiger partial charge in [0, 0.05) is 11.4 Å². The Balaban J connectivity index is 1.31. The van der Waals surface area contributed by atoms with Gasteiger partial charge in [-0.3, -0.25) is 14.8 Å². The van der Waals surface area contributed by atoms with Crippen molar-refractivity contribution in [3.63, 3.8) is 0 Å². The maximum absolute atomic E-state index is 11.3. The van der Waals surface area contributed by atoms with Crippen molar-refractivity contribution < 1.29 is 14.6 Å². The standard InChI is InChI=1S/C29H34ClN3O3/c1-17(2)27(23-7-9-26-25(16-23)28(30)32-31-26)36-24-8-6-21-14-20(4-5-22(21)15-24)18(3)33-12-10-19(11-13-33)29(34)35/h6-9,14-19,27H,4-5,10-13H2,1-3H3,(H,31,32)(H,34,35). The molecule has 1 saturated heterocycles. The van der Waals surface area contributed by atoms with Gasteiger partial charge in [0.25, 0.3) is 0 Å². The number of H-pyrrole nitrogens is 1. The Labute approximate surface area is 217 Å². The maximum Gasteiger partial charge on any atom is 0.306 e. The molecule has 6 nitrogen and oxygen atoms in total. The Morgan fingerprint density at radius 1 is 1.14 bits per heavy atom. The molecule has 7 heteroatoms. The summed E-state index contributed by atoms with van der Waals surface area (Å²) in [5.74, 6) is 0.311. The summed E-state index contributed by atoms with van der Waals surface area (Å²) in [7, 11) is 0. The number of nitrogens with one attached hydrogen (secondary N) is 1. The number of fused-ring (bicyclic) bond motifs is 2. The summed E-state index contributed by atoms with van der Waals surface area (Å²) < 4.78 is 6.54. The third kappa shape index (κ3) is 5.02. The number of halogens is 1. The topological polar surface area (TPSA) is 78.5 Å². The fraction of sp³-hybridized carbons (Fsp3) is 0.448. The molecule has 2 N–H and O–H groups in total. The van der Waals surface area contributed by atoms with Crippen LogP contribution in [0.25, 0.3) is 17.0 Å². The smallest absolute Gasteiger partial charge is 0.306 e.